The van der Waals surface area contributed by atoms with Gasteiger partial charge in [0.2, 0.25) is 0 Å². The third-order valence-electron chi connectivity index (χ3n) is 2.26. The summed E-state index contributed by atoms with van der Waals surface area (Å²) < 4.78 is 26.4. The van der Waals surface area contributed by atoms with Crippen LogP contribution in [0.25, 0.3) is 0 Å². The Hall–Kier alpha value is -1.59. The summed E-state index contributed by atoms with van der Waals surface area (Å²) in [6.07, 6.45) is 3.07. The van der Waals surface area contributed by atoms with Crippen LogP contribution in [0.4, 0.5) is 5.69 Å². The molecule has 1 N–H and O–H groups in total. The number of anilines is 1. The molecule has 96 valence electrons. The lowest BCUT2D eigenvalue weighted by Crippen LogP contribution is -2.12. The number of pyridine rings is 1. The van der Waals surface area contributed by atoms with Crippen molar-refractivity contribution in [1.29, 1.82) is 0 Å². The van der Waals surface area contributed by atoms with E-state index in [2.05, 4.69) is 9.71 Å². The van der Waals surface area contributed by atoms with E-state index >= 15 is 0 Å². The molecule has 6 heteroatoms. The molecule has 0 spiro atoms. The third kappa shape index (κ3) is 3.45. The highest BCUT2D eigenvalue weighted by atomic mass is 35.5. The highest BCUT2D eigenvalue weighted by Crippen LogP contribution is 2.15. The van der Waals surface area contributed by atoms with Crippen LogP contribution in [0.1, 0.15) is 5.56 Å². The summed E-state index contributed by atoms with van der Waals surface area (Å²) in [5, 5.41) is 0. The van der Waals surface area contributed by atoms with Gasteiger partial charge in [0.25, 0.3) is 10.0 Å². The molecule has 0 radical (unpaired) electrons. The van der Waals surface area contributed by atoms with Crippen molar-refractivity contribution >= 4 is 28.1 Å². The molecule has 0 bridgehead atoms. The van der Waals surface area contributed by atoms with Crippen molar-refractivity contribution in [2.75, 3.05) is 4.72 Å². The van der Waals surface area contributed by atoms with Crippen molar-refractivity contribution in [1.82, 2.24) is 4.98 Å². The first-order chi connectivity index (χ1) is 8.08. The molecule has 2 rings (SSSR count). The molecule has 2 aromatic rings. The maximum atomic E-state index is 12.0. The number of aryl methyl sites for hydroxylation is 1. The molecule has 0 unspecified atom stereocenters. The molecule has 0 aliphatic carbocycles. The van der Waals surface area contributed by atoms with E-state index in [4.69, 9.17) is 0 Å². The molecular formula is C12H13ClN2O2S. The lowest BCUT2D eigenvalue weighted by atomic mass is 10.2. The smallest absolute Gasteiger partial charge is 0.261 e. The Kier molecular flexibility index (Phi) is 4.69. The highest BCUT2D eigenvalue weighted by molar-refractivity contribution is 7.92. The highest BCUT2D eigenvalue weighted by Gasteiger charge is 2.13. The second-order valence-corrected chi connectivity index (χ2v) is 5.34. The van der Waals surface area contributed by atoms with Gasteiger partial charge in [0.15, 0.2) is 0 Å². The van der Waals surface area contributed by atoms with Crippen LogP contribution in [-0.2, 0) is 10.0 Å². The number of aromatic nitrogens is 1. The Bertz CT molecular complexity index is 598. The maximum absolute atomic E-state index is 12.0. The minimum atomic E-state index is -3.51. The Morgan fingerprint density at radius 2 is 1.56 bits per heavy atom. The molecule has 0 atom stereocenters. The van der Waals surface area contributed by atoms with Gasteiger partial charge in [0.05, 0.1) is 10.6 Å². The molecule has 0 saturated heterocycles. The SMILES string of the molecule is Cc1ccc(S(=O)(=O)Nc2ccncc2)cc1.Cl. The van der Waals surface area contributed by atoms with Gasteiger partial charge in [-0.05, 0) is 31.2 Å². The lowest BCUT2D eigenvalue weighted by Gasteiger charge is -2.07. The molecule has 1 aromatic heterocycles. The number of hydrogen-bond acceptors (Lipinski definition) is 3. The summed E-state index contributed by atoms with van der Waals surface area (Å²) in [7, 11) is -3.51. The van der Waals surface area contributed by atoms with Gasteiger partial charge in [0, 0.05) is 12.4 Å². The van der Waals surface area contributed by atoms with Crippen LogP contribution in [0.3, 0.4) is 0 Å². The van der Waals surface area contributed by atoms with Crippen molar-refractivity contribution < 1.29 is 8.42 Å². The second kappa shape index (κ2) is 5.84. The molecule has 1 heterocycles. The van der Waals surface area contributed by atoms with E-state index in [9.17, 15) is 8.42 Å². The van der Waals surface area contributed by atoms with Gasteiger partial charge < -0.3 is 0 Å². The van der Waals surface area contributed by atoms with Crippen molar-refractivity contribution in [3.05, 3.63) is 54.4 Å². The van der Waals surface area contributed by atoms with E-state index in [-0.39, 0.29) is 17.3 Å². The average molecular weight is 285 g/mol. The number of sulfonamides is 1. The molecule has 0 aliphatic rings. The zero-order valence-electron chi connectivity index (χ0n) is 9.70. The Morgan fingerprint density at radius 3 is 2.11 bits per heavy atom. The van der Waals surface area contributed by atoms with E-state index in [0.29, 0.717) is 5.69 Å². The lowest BCUT2D eigenvalue weighted by molar-refractivity contribution is 0.601. The van der Waals surface area contributed by atoms with E-state index in [1.165, 1.54) is 12.4 Å². The van der Waals surface area contributed by atoms with Gasteiger partial charge >= 0.3 is 0 Å². The second-order valence-electron chi connectivity index (χ2n) is 3.65. The van der Waals surface area contributed by atoms with Gasteiger partial charge in [-0.2, -0.15) is 0 Å². The maximum Gasteiger partial charge on any atom is 0.261 e. The first kappa shape index (κ1) is 14.5. The Balaban J connectivity index is 0.00000162. The van der Waals surface area contributed by atoms with Crippen LogP contribution in [0, 0.1) is 6.92 Å². The number of nitrogens with one attached hydrogen (secondary N) is 1. The summed E-state index contributed by atoms with van der Waals surface area (Å²) in [4.78, 5) is 4.07. The van der Waals surface area contributed by atoms with E-state index in [1.807, 2.05) is 6.92 Å². The molecule has 0 saturated carbocycles. The molecule has 18 heavy (non-hydrogen) atoms. The predicted octanol–water partition coefficient (Wildman–Crippen LogP) is 2.61. The van der Waals surface area contributed by atoms with Crippen molar-refractivity contribution in [2.24, 2.45) is 0 Å². The topological polar surface area (TPSA) is 59.1 Å². The Labute approximate surface area is 113 Å². The van der Waals surface area contributed by atoms with E-state index < -0.39 is 10.0 Å². The number of nitrogens with zero attached hydrogens (tertiary/aromatic N) is 1. The van der Waals surface area contributed by atoms with Crippen LogP contribution in [0.2, 0.25) is 0 Å². The van der Waals surface area contributed by atoms with Gasteiger partial charge in [-0.25, -0.2) is 8.42 Å². The first-order valence-corrected chi connectivity index (χ1v) is 6.56. The summed E-state index contributed by atoms with van der Waals surface area (Å²) in [5.74, 6) is 0. The summed E-state index contributed by atoms with van der Waals surface area (Å²) in [6.45, 7) is 1.91. The van der Waals surface area contributed by atoms with E-state index in [0.717, 1.165) is 5.56 Å². The van der Waals surface area contributed by atoms with Gasteiger partial charge in [0.1, 0.15) is 0 Å². The van der Waals surface area contributed by atoms with Crippen molar-refractivity contribution in [3.8, 4) is 0 Å². The van der Waals surface area contributed by atoms with Gasteiger partial charge in [-0.15, -0.1) is 12.4 Å². The average Bonchev–Trinajstić information content (AvgIpc) is 2.30. The van der Waals surface area contributed by atoms with Crippen LogP contribution >= 0.6 is 12.4 Å². The fourth-order valence-electron chi connectivity index (χ4n) is 1.35. The Morgan fingerprint density at radius 1 is 1.00 bits per heavy atom. The molecule has 0 amide bonds. The van der Waals surface area contributed by atoms with Crippen LogP contribution in [-0.4, -0.2) is 13.4 Å². The number of hydrogen-bond donors (Lipinski definition) is 1. The fraction of sp³-hybridized carbons (Fsp3) is 0.0833. The van der Waals surface area contributed by atoms with Crippen molar-refractivity contribution in [3.63, 3.8) is 0 Å². The largest absolute Gasteiger partial charge is 0.280 e. The molecule has 0 aliphatic heterocycles. The minimum Gasteiger partial charge on any atom is -0.280 e. The standard InChI is InChI=1S/C12H12N2O2S.ClH/c1-10-2-4-12(5-3-10)17(15,16)14-11-6-8-13-9-7-11;/h2-9H,1H3,(H,13,14);1H. The van der Waals surface area contributed by atoms with Gasteiger partial charge in [-0.3, -0.25) is 9.71 Å². The normalized spacial score (nSPS) is 10.5. The molecule has 4 nitrogen and oxygen atoms in total. The zero-order valence-corrected chi connectivity index (χ0v) is 11.3. The summed E-state index contributed by atoms with van der Waals surface area (Å²) in [6, 6.07) is 9.90. The summed E-state index contributed by atoms with van der Waals surface area (Å²) >= 11 is 0. The van der Waals surface area contributed by atoms with Gasteiger partial charge in [-0.1, -0.05) is 17.7 Å². The number of rotatable bonds is 3. The fourth-order valence-corrected chi connectivity index (χ4v) is 2.41. The van der Waals surface area contributed by atoms with Crippen LogP contribution in [0.5, 0.6) is 0 Å². The first-order valence-electron chi connectivity index (χ1n) is 5.07. The van der Waals surface area contributed by atoms with E-state index in [1.54, 1.807) is 36.4 Å². The monoisotopic (exact) mass is 284 g/mol. The molecule has 0 fully saturated rings. The predicted molar refractivity (Wildman–Crippen MR) is 73.5 cm³/mol. The number of benzene rings is 1. The van der Waals surface area contributed by atoms with Crippen LogP contribution < -0.4 is 4.72 Å². The summed E-state index contributed by atoms with van der Waals surface area (Å²) in [5.41, 5.74) is 1.52. The zero-order chi connectivity index (χ0) is 12.3. The van der Waals surface area contributed by atoms with Crippen molar-refractivity contribution in [2.45, 2.75) is 11.8 Å². The molecular weight excluding hydrogens is 272 g/mol. The number of halogens is 1. The quantitative estimate of drug-likeness (QED) is 0.942. The van der Waals surface area contributed by atoms with Crippen LogP contribution in [0.15, 0.2) is 53.7 Å². The molecule has 1 aromatic carbocycles. The third-order valence-corrected chi connectivity index (χ3v) is 3.66. The minimum absolute atomic E-state index is 0.